The molecule has 1 saturated heterocycles. The molecule has 2 aromatic carbocycles. The molecule has 0 bridgehead atoms. The van der Waals surface area contributed by atoms with Gasteiger partial charge in [0.25, 0.3) is 0 Å². The van der Waals surface area contributed by atoms with Gasteiger partial charge in [0.1, 0.15) is 0 Å². The first kappa shape index (κ1) is 21.9. The second kappa shape index (κ2) is 8.79. The lowest BCUT2D eigenvalue weighted by atomic mass is 10.0. The minimum Gasteiger partial charge on any atom is -0.335 e. The summed E-state index contributed by atoms with van der Waals surface area (Å²) in [5, 5.41) is 2.45. The highest BCUT2D eigenvalue weighted by molar-refractivity contribution is 7.91. The Balaban J connectivity index is 1.37. The molecule has 5 nitrogen and oxygen atoms in total. The summed E-state index contributed by atoms with van der Waals surface area (Å²) >= 11 is 0. The standard InChI is InChI=1S/C26H34N2O3S/c1-19(21-11-10-20-6-2-3-7-22(20)16-21)27(23-12-13-23)17-26(29)28(24-8-4-5-9-24)25-14-15-32(30,31)18-25/h2-3,6-7,10-11,16,19,23-25H,4-5,8-9,12-15,17-18H2,1H3. The van der Waals surface area contributed by atoms with Gasteiger partial charge in [-0.15, -0.1) is 0 Å². The maximum atomic E-state index is 13.7. The summed E-state index contributed by atoms with van der Waals surface area (Å²) in [6.45, 7) is 2.58. The van der Waals surface area contributed by atoms with Crippen molar-refractivity contribution in [1.29, 1.82) is 0 Å². The van der Waals surface area contributed by atoms with Crippen LogP contribution < -0.4 is 0 Å². The van der Waals surface area contributed by atoms with Crippen molar-refractivity contribution in [3.05, 3.63) is 48.0 Å². The second-order valence-corrected chi connectivity index (χ2v) is 12.2. The lowest BCUT2D eigenvalue weighted by molar-refractivity contribution is -0.137. The molecule has 1 amide bonds. The number of carbonyl (C=O) groups is 1. The molecule has 2 aromatic rings. The molecule has 2 saturated carbocycles. The predicted molar refractivity (Wildman–Crippen MR) is 128 cm³/mol. The molecular weight excluding hydrogens is 420 g/mol. The quantitative estimate of drug-likeness (QED) is 0.625. The van der Waals surface area contributed by atoms with Gasteiger partial charge in [-0.3, -0.25) is 9.69 Å². The third-order valence-electron chi connectivity index (χ3n) is 7.69. The molecule has 5 rings (SSSR count). The van der Waals surface area contributed by atoms with Crippen LogP contribution in [0.4, 0.5) is 0 Å². The van der Waals surface area contributed by atoms with Crippen LogP contribution in [0.3, 0.4) is 0 Å². The van der Waals surface area contributed by atoms with Gasteiger partial charge in [0.15, 0.2) is 9.84 Å². The van der Waals surface area contributed by atoms with Gasteiger partial charge in [-0.2, -0.15) is 0 Å². The van der Waals surface area contributed by atoms with Crippen molar-refractivity contribution >= 4 is 26.5 Å². The van der Waals surface area contributed by atoms with Crippen LogP contribution in [0.15, 0.2) is 42.5 Å². The minimum absolute atomic E-state index is 0.124. The second-order valence-electron chi connectivity index (χ2n) is 9.98. The zero-order valence-electron chi connectivity index (χ0n) is 18.9. The lowest BCUT2D eigenvalue weighted by Gasteiger charge is -2.37. The number of benzene rings is 2. The number of hydrogen-bond acceptors (Lipinski definition) is 4. The van der Waals surface area contributed by atoms with Crippen molar-refractivity contribution in [3.8, 4) is 0 Å². The van der Waals surface area contributed by atoms with Crippen LogP contribution in [0.5, 0.6) is 0 Å². The normalized spacial score (nSPS) is 24.2. The molecule has 0 aromatic heterocycles. The summed E-state index contributed by atoms with van der Waals surface area (Å²) in [5.74, 6) is 0.478. The van der Waals surface area contributed by atoms with Gasteiger partial charge in [0.05, 0.1) is 18.1 Å². The molecule has 3 fully saturated rings. The van der Waals surface area contributed by atoms with Crippen LogP contribution in [0, 0.1) is 0 Å². The molecule has 3 aliphatic rings. The third-order valence-corrected chi connectivity index (χ3v) is 9.45. The Hall–Kier alpha value is -1.92. The lowest BCUT2D eigenvalue weighted by Crippen LogP contribution is -2.51. The largest absolute Gasteiger partial charge is 0.335 e. The molecule has 172 valence electrons. The maximum Gasteiger partial charge on any atom is 0.237 e. The highest BCUT2D eigenvalue weighted by Crippen LogP contribution is 2.36. The van der Waals surface area contributed by atoms with E-state index in [1.807, 2.05) is 4.90 Å². The number of rotatable bonds is 7. The smallest absolute Gasteiger partial charge is 0.237 e. The Labute approximate surface area is 191 Å². The van der Waals surface area contributed by atoms with Crippen LogP contribution in [-0.4, -0.2) is 60.3 Å². The Bertz CT molecular complexity index is 1090. The van der Waals surface area contributed by atoms with Crippen molar-refractivity contribution in [2.45, 2.75) is 76.0 Å². The Morgan fingerprint density at radius 2 is 1.66 bits per heavy atom. The maximum absolute atomic E-state index is 13.7. The van der Waals surface area contributed by atoms with E-state index >= 15 is 0 Å². The highest BCUT2D eigenvalue weighted by atomic mass is 32.2. The number of nitrogens with zero attached hydrogens (tertiary/aromatic N) is 2. The zero-order valence-corrected chi connectivity index (χ0v) is 19.8. The topological polar surface area (TPSA) is 57.7 Å². The number of fused-ring (bicyclic) bond motifs is 1. The molecule has 0 radical (unpaired) electrons. The highest BCUT2D eigenvalue weighted by Gasteiger charge is 2.41. The van der Waals surface area contributed by atoms with E-state index in [1.54, 1.807) is 0 Å². The number of amides is 1. The Kier molecular flexibility index (Phi) is 6.01. The molecule has 32 heavy (non-hydrogen) atoms. The van der Waals surface area contributed by atoms with Crippen LogP contribution in [0.25, 0.3) is 10.8 Å². The third kappa shape index (κ3) is 4.58. The molecule has 2 unspecified atom stereocenters. The van der Waals surface area contributed by atoms with E-state index in [1.165, 1.54) is 16.3 Å². The number of carbonyl (C=O) groups excluding carboxylic acids is 1. The first-order valence-corrected chi connectivity index (χ1v) is 14.0. The summed E-state index contributed by atoms with van der Waals surface area (Å²) in [4.78, 5) is 18.1. The fourth-order valence-corrected chi connectivity index (χ4v) is 7.48. The van der Waals surface area contributed by atoms with Gasteiger partial charge in [0.2, 0.25) is 5.91 Å². The molecule has 6 heteroatoms. The molecule has 2 atom stereocenters. The summed E-state index contributed by atoms with van der Waals surface area (Å²) in [5.41, 5.74) is 1.24. The molecule has 0 spiro atoms. The van der Waals surface area contributed by atoms with Crippen molar-refractivity contribution in [2.75, 3.05) is 18.1 Å². The van der Waals surface area contributed by atoms with E-state index in [0.717, 1.165) is 38.5 Å². The summed E-state index contributed by atoms with van der Waals surface area (Å²) in [6, 6.07) is 15.6. The number of hydrogen-bond donors (Lipinski definition) is 0. The monoisotopic (exact) mass is 454 g/mol. The molecule has 1 aliphatic heterocycles. The van der Waals surface area contributed by atoms with Crippen molar-refractivity contribution < 1.29 is 13.2 Å². The molecule has 0 N–H and O–H groups in total. The van der Waals surface area contributed by atoms with Gasteiger partial charge in [-0.05, 0) is 61.4 Å². The van der Waals surface area contributed by atoms with E-state index in [9.17, 15) is 13.2 Å². The Morgan fingerprint density at radius 3 is 2.31 bits per heavy atom. The number of sulfone groups is 1. The van der Waals surface area contributed by atoms with Crippen LogP contribution in [0.2, 0.25) is 0 Å². The van der Waals surface area contributed by atoms with Gasteiger partial charge in [-0.25, -0.2) is 8.42 Å². The van der Waals surface area contributed by atoms with Crippen LogP contribution in [-0.2, 0) is 14.6 Å². The van der Waals surface area contributed by atoms with Gasteiger partial charge in [-0.1, -0.05) is 49.2 Å². The van der Waals surface area contributed by atoms with E-state index in [-0.39, 0.29) is 35.5 Å². The van der Waals surface area contributed by atoms with Crippen LogP contribution >= 0.6 is 0 Å². The van der Waals surface area contributed by atoms with Crippen LogP contribution in [0.1, 0.15) is 63.5 Å². The Morgan fingerprint density at radius 1 is 0.938 bits per heavy atom. The van der Waals surface area contributed by atoms with Gasteiger partial charge < -0.3 is 4.90 Å². The molecular formula is C26H34N2O3S. The molecule has 1 heterocycles. The fraction of sp³-hybridized carbons (Fsp3) is 0.577. The van der Waals surface area contributed by atoms with Crippen molar-refractivity contribution in [1.82, 2.24) is 9.80 Å². The molecule has 2 aliphatic carbocycles. The van der Waals surface area contributed by atoms with Gasteiger partial charge in [0, 0.05) is 24.2 Å². The summed E-state index contributed by atoms with van der Waals surface area (Å²) in [6.07, 6.45) is 7.13. The van der Waals surface area contributed by atoms with Crippen molar-refractivity contribution in [3.63, 3.8) is 0 Å². The first-order chi connectivity index (χ1) is 15.4. The first-order valence-electron chi connectivity index (χ1n) is 12.2. The van der Waals surface area contributed by atoms with Crippen molar-refractivity contribution in [2.24, 2.45) is 0 Å². The van der Waals surface area contributed by atoms with E-state index in [4.69, 9.17) is 0 Å². The summed E-state index contributed by atoms with van der Waals surface area (Å²) < 4.78 is 24.4. The average molecular weight is 455 g/mol. The minimum atomic E-state index is -3.02. The summed E-state index contributed by atoms with van der Waals surface area (Å²) in [7, 11) is -3.02. The van der Waals surface area contributed by atoms with Gasteiger partial charge >= 0.3 is 0 Å². The fourth-order valence-electron chi connectivity index (χ4n) is 5.77. The van der Waals surface area contributed by atoms with E-state index < -0.39 is 9.84 Å². The zero-order chi connectivity index (χ0) is 22.3. The average Bonchev–Trinajstić information content (AvgIpc) is 3.37. The van der Waals surface area contributed by atoms with E-state index in [2.05, 4.69) is 54.3 Å². The van der Waals surface area contributed by atoms with E-state index in [0.29, 0.717) is 19.0 Å². The predicted octanol–water partition coefficient (Wildman–Crippen LogP) is 4.32. The SMILES string of the molecule is CC(c1ccc2ccccc2c1)N(CC(=O)N(C1CCCC1)C1CCS(=O)(=O)C1)C1CC1.